The molecule has 13 heavy (non-hydrogen) atoms. The van der Waals surface area contributed by atoms with Crippen LogP contribution in [0.25, 0.3) is 10.9 Å². The molecule has 0 unspecified atom stereocenters. The van der Waals surface area contributed by atoms with E-state index in [0.29, 0.717) is 5.94 Å². The van der Waals surface area contributed by atoms with Gasteiger partial charge in [-0.1, -0.05) is 0 Å². The molecule has 3 nitrogen and oxygen atoms in total. The monoisotopic (exact) mass is 194 g/mol. The van der Waals surface area contributed by atoms with Crippen LogP contribution in [0.1, 0.15) is 0 Å². The van der Waals surface area contributed by atoms with E-state index < -0.39 is 0 Å². The van der Waals surface area contributed by atoms with Crippen molar-refractivity contribution in [2.75, 3.05) is 12.2 Å². The minimum absolute atomic E-state index is 0.651. The molecule has 0 fully saturated rings. The van der Waals surface area contributed by atoms with E-state index in [1.807, 2.05) is 24.6 Å². The molecule has 0 aliphatic heterocycles. The van der Waals surface area contributed by atoms with E-state index >= 15 is 0 Å². The maximum atomic E-state index is 5.45. The molecule has 2 aromatic rings. The van der Waals surface area contributed by atoms with E-state index in [2.05, 4.69) is 4.98 Å². The van der Waals surface area contributed by atoms with Gasteiger partial charge < -0.3 is 4.84 Å². The summed E-state index contributed by atoms with van der Waals surface area (Å²) in [6, 6.07) is 3.98. The Kier molecular flexibility index (Phi) is 2.40. The molecular formula is C9H10N2OS. The van der Waals surface area contributed by atoms with Crippen LogP contribution in [0.5, 0.6) is 0 Å². The SMILES string of the molecule is CSCOn1ccc2ccncc21. The zero-order valence-electron chi connectivity index (χ0n) is 7.30. The number of hydrogen-bond donors (Lipinski definition) is 0. The summed E-state index contributed by atoms with van der Waals surface area (Å²) in [6.07, 6.45) is 7.49. The molecule has 0 aromatic carbocycles. The van der Waals surface area contributed by atoms with Gasteiger partial charge in [0.1, 0.15) is 5.52 Å². The van der Waals surface area contributed by atoms with Crippen molar-refractivity contribution in [2.24, 2.45) is 0 Å². The molecule has 0 N–H and O–H groups in total. The van der Waals surface area contributed by atoms with Crippen molar-refractivity contribution < 1.29 is 4.84 Å². The van der Waals surface area contributed by atoms with Crippen molar-refractivity contribution in [1.82, 2.24) is 9.71 Å². The van der Waals surface area contributed by atoms with Gasteiger partial charge in [0.2, 0.25) is 0 Å². The number of hydrogen-bond acceptors (Lipinski definition) is 3. The highest BCUT2D eigenvalue weighted by molar-refractivity contribution is 7.98. The summed E-state index contributed by atoms with van der Waals surface area (Å²) in [7, 11) is 0. The Hall–Kier alpha value is -1.16. The van der Waals surface area contributed by atoms with Gasteiger partial charge in [0, 0.05) is 17.8 Å². The molecule has 68 valence electrons. The molecule has 4 heteroatoms. The number of fused-ring (bicyclic) bond motifs is 1. The molecule has 0 radical (unpaired) electrons. The highest BCUT2D eigenvalue weighted by Crippen LogP contribution is 2.12. The zero-order valence-corrected chi connectivity index (χ0v) is 8.12. The van der Waals surface area contributed by atoms with Crippen molar-refractivity contribution in [2.45, 2.75) is 0 Å². The van der Waals surface area contributed by atoms with Gasteiger partial charge in [-0.3, -0.25) is 4.98 Å². The van der Waals surface area contributed by atoms with Crippen LogP contribution >= 0.6 is 11.8 Å². The number of pyridine rings is 1. The first-order valence-corrected chi connectivity index (χ1v) is 5.34. The van der Waals surface area contributed by atoms with Gasteiger partial charge >= 0.3 is 0 Å². The molecule has 2 heterocycles. The largest absolute Gasteiger partial charge is 0.403 e. The van der Waals surface area contributed by atoms with Gasteiger partial charge in [-0.2, -0.15) is 4.73 Å². The van der Waals surface area contributed by atoms with Crippen LogP contribution < -0.4 is 4.84 Å². The minimum Gasteiger partial charge on any atom is -0.403 e. The lowest BCUT2D eigenvalue weighted by Crippen LogP contribution is -2.08. The predicted molar refractivity (Wildman–Crippen MR) is 54.7 cm³/mol. The Balaban J connectivity index is 2.35. The third-order valence-corrected chi connectivity index (χ3v) is 2.11. The maximum Gasteiger partial charge on any atom is 0.160 e. The topological polar surface area (TPSA) is 27.1 Å². The van der Waals surface area contributed by atoms with Crippen LogP contribution in [0.3, 0.4) is 0 Å². The Morgan fingerprint density at radius 1 is 1.54 bits per heavy atom. The number of rotatable bonds is 3. The number of thioether (sulfide) groups is 1. The highest BCUT2D eigenvalue weighted by atomic mass is 32.2. The van der Waals surface area contributed by atoms with E-state index in [-0.39, 0.29) is 0 Å². The summed E-state index contributed by atoms with van der Waals surface area (Å²) < 4.78 is 1.75. The molecule has 0 bridgehead atoms. The molecule has 0 amide bonds. The fourth-order valence-electron chi connectivity index (χ4n) is 1.17. The lowest BCUT2D eigenvalue weighted by molar-refractivity contribution is 0.165. The second-order valence-electron chi connectivity index (χ2n) is 2.61. The fourth-order valence-corrected chi connectivity index (χ4v) is 1.39. The Morgan fingerprint density at radius 3 is 3.31 bits per heavy atom. The van der Waals surface area contributed by atoms with E-state index in [1.54, 1.807) is 28.9 Å². The lowest BCUT2D eigenvalue weighted by atomic mass is 10.3. The predicted octanol–water partition coefficient (Wildman–Crippen LogP) is 1.79. The molecule has 0 aliphatic rings. The van der Waals surface area contributed by atoms with Crippen molar-refractivity contribution >= 4 is 22.7 Å². The van der Waals surface area contributed by atoms with Gasteiger partial charge in [0.15, 0.2) is 5.94 Å². The van der Waals surface area contributed by atoms with Gasteiger partial charge in [0.25, 0.3) is 0 Å². The summed E-state index contributed by atoms with van der Waals surface area (Å²) in [5, 5.41) is 1.15. The van der Waals surface area contributed by atoms with E-state index in [4.69, 9.17) is 4.84 Å². The van der Waals surface area contributed by atoms with Crippen LogP contribution in [-0.2, 0) is 0 Å². The van der Waals surface area contributed by atoms with Crippen LogP contribution in [0.15, 0.2) is 30.7 Å². The lowest BCUT2D eigenvalue weighted by Gasteiger charge is -2.05. The summed E-state index contributed by atoms with van der Waals surface area (Å²) in [6.45, 7) is 0. The first kappa shape index (κ1) is 8.44. The molecule has 0 saturated carbocycles. The third-order valence-electron chi connectivity index (χ3n) is 1.77. The fraction of sp³-hybridized carbons (Fsp3) is 0.222. The number of nitrogens with zero attached hydrogens (tertiary/aromatic N) is 2. The normalized spacial score (nSPS) is 10.5. The summed E-state index contributed by atoms with van der Waals surface area (Å²) in [4.78, 5) is 9.49. The molecule has 0 spiro atoms. The molecule has 0 aliphatic carbocycles. The van der Waals surface area contributed by atoms with E-state index in [0.717, 1.165) is 10.9 Å². The van der Waals surface area contributed by atoms with Crippen molar-refractivity contribution in [3.05, 3.63) is 30.7 Å². The Labute approximate surface area is 80.7 Å². The van der Waals surface area contributed by atoms with E-state index in [1.165, 1.54) is 0 Å². The first-order chi connectivity index (χ1) is 6.42. The van der Waals surface area contributed by atoms with Crippen LogP contribution in [0.4, 0.5) is 0 Å². The van der Waals surface area contributed by atoms with Crippen molar-refractivity contribution in [1.29, 1.82) is 0 Å². The van der Waals surface area contributed by atoms with Crippen LogP contribution in [-0.4, -0.2) is 21.9 Å². The third kappa shape index (κ3) is 1.62. The quantitative estimate of drug-likeness (QED) is 0.697. The van der Waals surface area contributed by atoms with Gasteiger partial charge in [-0.25, -0.2) is 0 Å². The van der Waals surface area contributed by atoms with Crippen molar-refractivity contribution in [3.63, 3.8) is 0 Å². The van der Waals surface area contributed by atoms with Crippen LogP contribution in [0, 0.1) is 0 Å². The molecule has 2 rings (SSSR count). The second-order valence-corrected chi connectivity index (χ2v) is 3.42. The summed E-state index contributed by atoms with van der Waals surface area (Å²) in [5.41, 5.74) is 1.01. The zero-order chi connectivity index (χ0) is 9.10. The first-order valence-electron chi connectivity index (χ1n) is 3.95. The standard InChI is InChI=1S/C9H10N2OS/c1-13-7-12-11-5-3-8-2-4-10-6-9(8)11/h2-6H,7H2,1H3. The number of aromatic nitrogens is 2. The maximum absolute atomic E-state index is 5.45. The smallest absolute Gasteiger partial charge is 0.160 e. The summed E-state index contributed by atoms with van der Waals surface area (Å²) in [5.74, 6) is 0.651. The molecule has 0 saturated heterocycles. The Morgan fingerprint density at radius 2 is 2.46 bits per heavy atom. The van der Waals surface area contributed by atoms with Crippen molar-refractivity contribution in [3.8, 4) is 0 Å². The summed E-state index contributed by atoms with van der Waals surface area (Å²) >= 11 is 1.64. The molecule has 0 atom stereocenters. The average molecular weight is 194 g/mol. The molecular weight excluding hydrogens is 184 g/mol. The van der Waals surface area contributed by atoms with Gasteiger partial charge in [-0.05, 0) is 18.4 Å². The highest BCUT2D eigenvalue weighted by Gasteiger charge is 1.99. The van der Waals surface area contributed by atoms with Gasteiger partial charge in [-0.15, -0.1) is 11.8 Å². The second kappa shape index (κ2) is 3.70. The van der Waals surface area contributed by atoms with E-state index in [9.17, 15) is 0 Å². The van der Waals surface area contributed by atoms with Gasteiger partial charge in [0.05, 0.1) is 6.20 Å². The Bertz CT molecular complexity index is 399. The molecule has 2 aromatic heterocycles. The van der Waals surface area contributed by atoms with Crippen LogP contribution in [0.2, 0.25) is 0 Å². The minimum atomic E-state index is 0.651. The average Bonchev–Trinajstić information content (AvgIpc) is 2.58.